The number of ether oxygens (including phenoxy) is 2. The van der Waals surface area contributed by atoms with Crippen molar-refractivity contribution < 1.29 is 14.3 Å². The zero-order valence-electron chi connectivity index (χ0n) is 13.0. The van der Waals surface area contributed by atoms with Gasteiger partial charge in [0.2, 0.25) is 0 Å². The number of hydrogen-bond acceptors (Lipinski definition) is 3. The molecule has 1 aromatic rings. The molecule has 0 N–H and O–H groups in total. The van der Waals surface area contributed by atoms with Crippen molar-refractivity contribution in [2.75, 3.05) is 0 Å². The van der Waals surface area contributed by atoms with Crippen LogP contribution in [0.3, 0.4) is 0 Å². The van der Waals surface area contributed by atoms with Crippen LogP contribution in [0.2, 0.25) is 0 Å². The highest BCUT2D eigenvalue weighted by atomic mass is 16.5. The summed E-state index contributed by atoms with van der Waals surface area (Å²) in [5.41, 5.74) is 0.610. The minimum atomic E-state index is 0.116. The van der Waals surface area contributed by atoms with E-state index >= 15 is 0 Å². The molecule has 1 rings (SSSR count). The van der Waals surface area contributed by atoms with Gasteiger partial charge in [0.1, 0.15) is 6.29 Å². The molecule has 3 heteroatoms. The van der Waals surface area contributed by atoms with Gasteiger partial charge in [0.05, 0.1) is 12.2 Å². The van der Waals surface area contributed by atoms with E-state index in [1.807, 2.05) is 13.0 Å². The normalized spacial score (nSPS) is 13.6. The van der Waals surface area contributed by atoms with Crippen molar-refractivity contribution in [3.8, 4) is 11.5 Å². The van der Waals surface area contributed by atoms with Gasteiger partial charge in [0.15, 0.2) is 11.5 Å². The summed E-state index contributed by atoms with van der Waals surface area (Å²) in [7, 11) is 0. The van der Waals surface area contributed by atoms with Gasteiger partial charge in [-0.25, -0.2) is 0 Å². The molecule has 3 nitrogen and oxygen atoms in total. The average molecular weight is 278 g/mol. The average Bonchev–Trinajstić information content (AvgIpc) is 2.41. The van der Waals surface area contributed by atoms with E-state index in [0.29, 0.717) is 11.3 Å². The summed E-state index contributed by atoms with van der Waals surface area (Å²) >= 11 is 0. The van der Waals surface area contributed by atoms with Crippen LogP contribution in [0.1, 0.15) is 63.7 Å². The van der Waals surface area contributed by atoms with Crippen LogP contribution in [-0.2, 0) is 0 Å². The van der Waals surface area contributed by atoms with E-state index in [1.165, 1.54) is 0 Å². The quantitative estimate of drug-likeness (QED) is 0.618. The largest absolute Gasteiger partial charge is 0.487 e. The summed E-state index contributed by atoms with van der Waals surface area (Å²) < 4.78 is 11.8. The second kappa shape index (κ2) is 8.62. The van der Waals surface area contributed by atoms with Crippen molar-refractivity contribution in [3.63, 3.8) is 0 Å². The van der Waals surface area contributed by atoms with Crippen LogP contribution in [0.25, 0.3) is 0 Å². The van der Waals surface area contributed by atoms with Crippen molar-refractivity contribution in [1.82, 2.24) is 0 Å². The highest BCUT2D eigenvalue weighted by Crippen LogP contribution is 2.31. The van der Waals surface area contributed by atoms with E-state index in [0.717, 1.165) is 37.7 Å². The third kappa shape index (κ3) is 5.24. The van der Waals surface area contributed by atoms with Crippen LogP contribution < -0.4 is 9.47 Å². The molecule has 0 fully saturated rings. The molecule has 0 saturated heterocycles. The van der Waals surface area contributed by atoms with Crippen molar-refractivity contribution >= 4 is 6.29 Å². The van der Waals surface area contributed by atoms with Gasteiger partial charge in [0.25, 0.3) is 0 Å². The fraction of sp³-hybridized carbons (Fsp3) is 0.588. The maximum Gasteiger partial charge on any atom is 0.162 e. The lowest BCUT2D eigenvalue weighted by molar-refractivity contribution is 0.112. The third-order valence-electron chi connectivity index (χ3n) is 3.15. The van der Waals surface area contributed by atoms with E-state index in [2.05, 4.69) is 20.8 Å². The fourth-order valence-corrected chi connectivity index (χ4v) is 2.15. The number of benzene rings is 1. The number of aldehydes is 1. The predicted octanol–water partition coefficient (Wildman–Crippen LogP) is 4.63. The maximum atomic E-state index is 10.9. The van der Waals surface area contributed by atoms with Crippen LogP contribution in [0.4, 0.5) is 0 Å². The summed E-state index contributed by atoms with van der Waals surface area (Å²) in [6, 6.07) is 5.34. The van der Waals surface area contributed by atoms with Gasteiger partial charge in [-0.1, -0.05) is 26.7 Å². The summed E-state index contributed by atoms with van der Waals surface area (Å²) in [6.07, 6.45) is 5.22. The van der Waals surface area contributed by atoms with Gasteiger partial charge in [-0.15, -0.1) is 0 Å². The molecule has 0 heterocycles. The molecule has 0 radical (unpaired) electrons. The Hall–Kier alpha value is -1.51. The number of hydrogen-bond donors (Lipinski definition) is 0. The van der Waals surface area contributed by atoms with E-state index < -0.39 is 0 Å². The summed E-state index contributed by atoms with van der Waals surface area (Å²) in [5, 5.41) is 0. The minimum Gasteiger partial charge on any atom is -0.487 e. The molecule has 0 spiro atoms. The van der Waals surface area contributed by atoms with Crippen molar-refractivity contribution in [2.24, 2.45) is 0 Å². The molecular formula is C17H26O3. The zero-order chi connectivity index (χ0) is 15.0. The third-order valence-corrected chi connectivity index (χ3v) is 3.15. The van der Waals surface area contributed by atoms with Crippen molar-refractivity contribution in [2.45, 2.75) is 65.6 Å². The standard InChI is InChI=1S/C17H26O3/c1-5-7-13(3)19-16-10-9-15(12-18)11-17(16)20-14(4)8-6-2/h9-14H,5-8H2,1-4H3. The molecule has 20 heavy (non-hydrogen) atoms. The molecule has 1 aromatic carbocycles. The van der Waals surface area contributed by atoms with Gasteiger partial charge in [-0.05, 0) is 44.9 Å². The predicted molar refractivity (Wildman–Crippen MR) is 81.8 cm³/mol. The SMILES string of the molecule is CCCC(C)Oc1ccc(C=O)cc1OC(C)CCC. The molecule has 112 valence electrons. The molecule has 2 atom stereocenters. The lowest BCUT2D eigenvalue weighted by Crippen LogP contribution is -2.15. The van der Waals surface area contributed by atoms with Crippen LogP contribution in [-0.4, -0.2) is 18.5 Å². The lowest BCUT2D eigenvalue weighted by atomic mass is 10.2. The Morgan fingerprint density at radius 1 is 1.00 bits per heavy atom. The number of rotatable bonds is 9. The highest BCUT2D eigenvalue weighted by molar-refractivity contribution is 5.76. The minimum absolute atomic E-state index is 0.116. The molecular weight excluding hydrogens is 252 g/mol. The molecule has 0 aliphatic carbocycles. The molecule has 0 aliphatic rings. The Morgan fingerprint density at radius 3 is 2.05 bits per heavy atom. The van der Waals surface area contributed by atoms with Gasteiger partial charge in [-0.2, -0.15) is 0 Å². The molecule has 2 unspecified atom stereocenters. The van der Waals surface area contributed by atoms with Crippen molar-refractivity contribution in [3.05, 3.63) is 23.8 Å². The first-order chi connectivity index (χ1) is 9.60. The van der Waals surface area contributed by atoms with Crippen molar-refractivity contribution in [1.29, 1.82) is 0 Å². The Bertz CT molecular complexity index is 415. The van der Waals surface area contributed by atoms with Crippen LogP contribution in [0, 0.1) is 0 Å². The molecule has 0 aromatic heterocycles. The highest BCUT2D eigenvalue weighted by Gasteiger charge is 2.12. The molecule has 0 bridgehead atoms. The first-order valence-electron chi connectivity index (χ1n) is 7.53. The molecule has 0 amide bonds. The lowest BCUT2D eigenvalue weighted by Gasteiger charge is -2.20. The Morgan fingerprint density at radius 2 is 1.55 bits per heavy atom. The van der Waals surface area contributed by atoms with E-state index in [-0.39, 0.29) is 12.2 Å². The maximum absolute atomic E-state index is 10.9. The van der Waals surface area contributed by atoms with Gasteiger partial charge in [-0.3, -0.25) is 4.79 Å². The van der Waals surface area contributed by atoms with Gasteiger partial charge >= 0.3 is 0 Å². The summed E-state index contributed by atoms with van der Waals surface area (Å²) in [4.78, 5) is 10.9. The van der Waals surface area contributed by atoms with Crippen LogP contribution in [0.15, 0.2) is 18.2 Å². The Balaban J connectivity index is 2.88. The first-order valence-corrected chi connectivity index (χ1v) is 7.53. The van der Waals surface area contributed by atoms with Crippen LogP contribution in [0.5, 0.6) is 11.5 Å². The topological polar surface area (TPSA) is 35.5 Å². The summed E-state index contributed by atoms with van der Waals surface area (Å²) in [6.45, 7) is 8.35. The number of carbonyl (C=O) groups is 1. The second-order valence-corrected chi connectivity index (χ2v) is 5.26. The number of carbonyl (C=O) groups excluding carboxylic acids is 1. The smallest absolute Gasteiger partial charge is 0.162 e. The van der Waals surface area contributed by atoms with E-state index in [9.17, 15) is 4.79 Å². The van der Waals surface area contributed by atoms with E-state index in [1.54, 1.807) is 12.1 Å². The Kier molecular flexibility index (Phi) is 7.13. The zero-order valence-corrected chi connectivity index (χ0v) is 13.0. The van der Waals surface area contributed by atoms with Gasteiger partial charge < -0.3 is 9.47 Å². The fourth-order valence-electron chi connectivity index (χ4n) is 2.15. The van der Waals surface area contributed by atoms with Gasteiger partial charge in [0, 0.05) is 5.56 Å². The van der Waals surface area contributed by atoms with Crippen LogP contribution >= 0.6 is 0 Å². The monoisotopic (exact) mass is 278 g/mol. The molecule has 0 saturated carbocycles. The summed E-state index contributed by atoms with van der Waals surface area (Å²) in [5.74, 6) is 1.39. The first kappa shape index (κ1) is 16.5. The van der Waals surface area contributed by atoms with E-state index in [4.69, 9.17) is 9.47 Å². The molecule has 0 aliphatic heterocycles. The second-order valence-electron chi connectivity index (χ2n) is 5.26. The Labute approximate surface area is 122 Å².